The number of aryl methyl sites for hydroxylation is 1. The van der Waals surface area contributed by atoms with Crippen LogP contribution < -0.4 is 4.90 Å². The highest BCUT2D eigenvalue weighted by atomic mass is 35.5. The molecule has 0 radical (unpaired) electrons. The van der Waals surface area contributed by atoms with Crippen molar-refractivity contribution in [2.24, 2.45) is 7.05 Å². The maximum absolute atomic E-state index is 6.06. The van der Waals surface area contributed by atoms with Gasteiger partial charge in [-0.3, -0.25) is 9.67 Å². The van der Waals surface area contributed by atoms with E-state index >= 15 is 0 Å². The zero-order chi connectivity index (χ0) is 15.9. The highest BCUT2D eigenvalue weighted by Crippen LogP contribution is 2.28. The van der Waals surface area contributed by atoms with Crippen molar-refractivity contribution in [2.75, 3.05) is 11.9 Å². The number of halogens is 2. The van der Waals surface area contributed by atoms with Crippen LogP contribution >= 0.6 is 23.2 Å². The Morgan fingerprint density at radius 3 is 2.45 bits per heavy atom. The Hall–Kier alpha value is -1.85. The second-order valence-corrected chi connectivity index (χ2v) is 6.03. The van der Waals surface area contributed by atoms with Crippen molar-refractivity contribution >= 4 is 40.1 Å². The number of hydrogen-bond donors (Lipinski definition) is 0. The summed E-state index contributed by atoms with van der Waals surface area (Å²) in [5.74, 6) is 0.766. The van der Waals surface area contributed by atoms with Gasteiger partial charge >= 0.3 is 0 Å². The van der Waals surface area contributed by atoms with Crippen LogP contribution in [-0.4, -0.2) is 26.8 Å². The molecular weight excluding hydrogens is 321 g/mol. The van der Waals surface area contributed by atoms with Gasteiger partial charge in [-0.25, -0.2) is 4.98 Å². The Labute approximate surface area is 138 Å². The van der Waals surface area contributed by atoms with E-state index in [1.807, 2.05) is 31.4 Å². The second kappa shape index (κ2) is 5.74. The maximum Gasteiger partial charge on any atom is 0.148 e. The van der Waals surface area contributed by atoms with Crippen LogP contribution in [0.25, 0.3) is 11.0 Å². The molecule has 2 heterocycles. The van der Waals surface area contributed by atoms with Gasteiger partial charge in [0, 0.05) is 25.9 Å². The summed E-state index contributed by atoms with van der Waals surface area (Å²) in [6.07, 6.45) is 5.58. The largest absolute Gasteiger partial charge is 0.352 e. The zero-order valence-corrected chi connectivity index (χ0v) is 14.0. The minimum atomic E-state index is 0.128. The van der Waals surface area contributed by atoms with E-state index in [-0.39, 0.29) is 6.04 Å². The number of fused-ring (bicyclic) bond motifs is 1. The molecule has 1 aromatic carbocycles. The molecule has 3 aromatic rings. The Morgan fingerprint density at radius 2 is 1.82 bits per heavy atom. The molecule has 0 amide bonds. The van der Waals surface area contributed by atoms with Crippen molar-refractivity contribution in [3.63, 3.8) is 0 Å². The summed E-state index contributed by atoms with van der Waals surface area (Å²) >= 11 is 12.1. The molecule has 1 atom stereocenters. The third kappa shape index (κ3) is 2.74. The lowest BCUT2D eigenvalue weighted by atomic mass is 10.1. The first-order valence-corrected chi connectivity index (χ1v) is 7.54. The summed E-state index contributed by atoms with van der Waals surface area (Å²) in [4.78, 5) is 11.1. The van der Waals surface area contributed by atoms with E-state index in [1.54, 1.807) is 23.0 Å². The molecule has 0 fully saturated rings. The number of benzene rings is 1. The molecule has 0 aliphatic heterocycles. The Morgan fingerprint density at radius 1 is 1.14 bits per heavy atom. The summed E-state index contributed by atoms with van der Waals surface area (Å²) < 4.78 is 1.79. The first kappa shape index (κ1) is 15.1. The zero-order valence-electron chi connectivity index (χ0n) is 12.5. The standard InChI is InChI=1S/C15H15Cl2N5/c1-9(10-6-19-21(2)8-10)22(3)15-7-18-13-4-11(16)12(17)5-14(13)20-15/h4-9H,1-3H3. The van der Waals surface area contributed by atoms with Crippen molar-refractivity contribution in [1.82, 2.24) is 19.7 Å². The molecule has 0 spiro atoms. The predicted octanol–water partition coefficient (Wildman–Crippen LogP) is 3.87. The number of aromatic nitrogens is 4. The molecule has 0 bridgehead atoms. The van der Waals surface area contributed by atoms with Crippen molar-refractivity contribution in [3.05, 3.63) is 46.3 Å². The minimum absolute atomic E-state index is 0.128. The highest BCUT2D eigenvalue weighted by Gasteiger charge is 2.16. The molecule has 3 rings (SSSR count). The molecule has 5 nitrogen and oxygen atoms in total. The molecule has 7 heteroatoms. The van der Waals surface area contributed by atoms with Crippen LogP contribution in [0, 0.1) is 0 Å². The molecule has 0 aliphatic rings. The summed E-state index contributed by atoms with van der Waals surface area (Å²) in [5.41, 5.74) is 2.55. The topological polar surface area (TPSA) is 46.8 Å². The Bertz CT molecular complexity index is 830. The maximum atomic E-state index is 6.06. The number of anilines is 1. The van der Waals surface area contributed by atoms with Crippen LogP contribution in [0.5, 0.6) is 0 Å². The van der Waals surface area contributed by atoms with Crippen LogP contribution in [0.2, 0.25) is 10.0 Å². The lowest BCUT2D eigenvalue weighted by molar-refractivity contribution is 0.723. The quantitative estimate of drug-likeness (QED) is 0.728. The van der Waals surface area contributed by atoms with Gasteiger partial charge in [0.2, 0.25) is 0 Å². The third-order valence-electron chi connectivity index (χ3n) is 3.72. The fourth-order valence-corrected chi connectivity index (χ4v) is 2.56. The lowest BCUT2D eigenvalue weighted by Crippen LogP contribution is -2.22. The molecule has 0 aliphatic carbocycles. The second-order valence-electron chi connectivity index (χ2n) is 5.22. The van der Waals surface area contributed by atoms with E-state index in [1.165, 1.54) is 0 Å². The smallest absolute Gasteiger partial charge is 0.148 e. The molecule has 0 saturated heterocycles. The van der Waals surface area contributed by atoms with Crippen LogP contribution in [0.15, 0.2) is 30.7 Å². The summed E-state index contributed by atoms with van der Waals surface area (Å²) in [6, 6.07) is 3.59. The van der Waals surface area contributed by atoms with Crippen LogP contribution in [0.1, 0.15) is 18.5 Å². The van der Waals surface area contributed by atoms with E-state index in [2.05, 4.69) is 22.0 Å². The van der Waals surface area contributed by atoms with Crippen LogP contribution in [0.4, 0.5) is 5.82 Å². The van der Waals surface area contributed by atoms with Gasteiger partial charge in [0.05, 0.1) is 39.5 Å². The predicted molar refractivity (Wildman–Crippen MR) is 89.6 cm³/mol. The van der Waals surface area contributed by atoms with Crippen LogP contribution in [-0.2, 0) is 7.05 Å². The van der Waals surface area contributed by atoms with Crippen molar-refractivity contribution in [2.45, 2.75) is 13.0 Å². The van der Waals surface area contributed by atoms with Gasteiger partial charge in [-0.15, -0.1) is 0 Å². The number of hydrogen-bond acceptors (Lipinski definition) is 4. The summed E-state index contributed by atoms with van der Waals surface area (Å²) in [7, 11) is 3.88. The minimum Gasteiger partial charge on any atom is -0.352 e. The fourth-order valence-electron chi connectivity index (χ4n) is 2.25. The molecule has 0 saturated carbocycles. The summed E-state index contributed by atoms with van der Waals surface area (Å²) in [5, 5.41) is 5.16. The van der Waals surface area contributed by atoms with Crippen molar-refractivity contribution < 1.29 is 0 Å². The van der Waals surface area contributed by atoms with Gasteiger partial charge in [0.25, 0.3) is 0 Å². The Kier molecular flexibility index (Phi) is 3.93. The van der Waals surface area contributed by atoms with Gasteiger partial charge in [-0.1, -0.05) is 23.2 Å². The SMILES string of the molecule is CC(c1cnn(C)c1)N(C)c1cnc2cc(Cl)c(Cl)cc2n1. The normalized spacial score (nSPS) is 12.6. The molecule has 2 aromatic heterocycles. The van der Waals surface area contributed by atoms with Crippen molar-refractivity contribution in [3.8, 4) is 0 Å². The molecule has 114 valence electrons. The molecule has 0 N–H and O–H groups in total. The number of nitrogens with zero attached hydrogens (tertiary/aromatic N) is 5. The highest BCUT2D eigenvalue weighted by molar-refractivity contribution is 6.42. The van der Waals surface area contributed by atoms with Gasteiger partial charge in [0.1, 0.15) is 5.82 Å². The summed E-state index contributed by atoms with van der Waals surface area (Å²) in [6.45, 7) is 2.09. The molecule has 1 unspecified atom stereocenters. The van der Waals surface area contributed by atoms with E-state index in [9.17, 15) is 0 Å². The van der Waals surface area contributed by atoms with E-state index in [0.717, 1.165) is 22.4 Å². The van der Waals surface area contributed by atoms with Gasteiger partial charge in [-0.2, -0.15) is 5.10 Å². The average Bonchev–Trinajstić information content (AvgIpc) is 2.93. The van der Waals surface area contributed by atoms with Gasteiger partial charge in [0.15, 0.2) is 0 Å². The first-order chi connectivity index (χ1) is 10.5. The first-order valence-electron chi connectivity index (χ1n) is 6.79. The molecular formula is C15H15Cl2N5. The third-order valence-corrected chi connectivity index (χ3v) is 4.44. The number of rotatable bonds is 3. The Balaban J connectivity index is 1.96. The average molecular weight is 336 g/mol. The van der Waals surface area contributed by atoms with Crippen molar-refractivity contribution in [1.29, 1.82) is 0 Å². The molecule has 22 heavy (non-hydrogen) atoms. The van der Waals surface area contributed by atoms with Crippen LogP contribution in [0.3, 0.4) is 0 Å². The van der Waals surface area contributed by atoms with Gasteiger partial charge in [-0.05, 0) is 19.1 Å². The lowest BCUT2D eigenvalue weighted by Gasteiger charge is -2.25. The van der Waals surface area contributed by atoms with E-state index in [4.69, 9.17) is 23.2 Å². The van der Waals surface area contributed by atoms with E-state index in [0.29, 0.717) is 10.0 Å². The fraction of sp³-hybridized carbons (Fsp3) is 0.267. The monoisotopic (exact) mass is 335 g/mol. The van der Waals surface area contributed by atoms with E-state index < -0.39 is 0 Å². The van der Waals surface area contributed by atoms with Gasteiger partial charge < -0.3 is 4.90 Å².